The van der Waals surface area contributed by atoms with Gasteiger partial charge in [-0.05, 0) is 33.4 Å². The van der Waals surface area contributed by atoms with Gasteiger partial charge >= 0.3 is 0 Å². The summed E-state index contributed by atoms with van der Waals surface area (Å²) in [6.45, 7) is 5.59. The summed E-state index contributed by atoms with van der Waals surface area (Å²) in [5.74, 6) is 0.319. The van der Waals surface area contributed by atoms with Crippen LogP contribution in [0.4, 0.5) is 5.13 Å². The maximum atomic E-state index is 11.2. The summed E-state index contributed by atoms with van der Waals surface area (Å²) < 4.78 is 0. The number of amides is 1. The molecular weight excluding hydrogens is 310 g/mol. The van der Waals surface area contributed by atoms with E-state index in [-0.39, 0.29) is 5.91 Å². The third-order valence-corrected chi connectivity index (χ3v) is 5.10. The van der Waals surface area contributed by atoms with E-state index in [1.54, 1.807) is 6.20 Å². The molecule has 0 aromatic carbocycles. The van der Waals surface area contributed by atoms with Crippen LogP contribution >= 0.6 is 11.3 Å². The molecule has 7 heteroatoms. The minimum Gasteiger partial charge on any atom is -0.306 e. The summed E-state index contributed by atoms with van der Waals surface area (Å²) in [4.78, 5) is 28.1. The van der Waals surface area contributed by atoms with Gasteiger partial charge in [0.1, 0.15) is 5.69 Å². The number of carbonyl (C=O) groups excluding carboxylic acids is 1. The molecule has 2 aromatic rings. The predicted octanol–water partition coefficient (Wildman–Crippen LogP) is 2.68. The lowest BCUT2D eigenvalue weighted by molar-refractivity contribution is -0.114. The summed E-state index contributed by atoms with van der Waals surface area (Å²) >= 11 is 1.44. The zero-order valence-corrected chi connectivity index (χ0v) is 14.5. The Morgan fingerprint density at radius 1 is 1.39 bits per heavy atom. The maximum Gasteiger partial charge on any atom is 0.223 e. The first-order valence-electron chi connectivity index (χ1n) is 7.79. The second-order valence-corrected chi connectivity index (χ2v) is 7.04. The minimum absolute atomic E-state index is 0.115. The lowest BCUT2D eigenvalue weighted by atomic mass is 9.95. The van der Waals surface area contributed by atoms with E-state index >= 15 is 0 Å². The Morgan fingerprint density at radius 3 is 2.96 bits per heavy atom. The number of likely N-dealkylation sites (N-methyl/N-ethyl adjacent to an activating group) is 1. The Balaban J connectivity index is 1.87. The molecule has 1 saturated heterocycles. The molecule has 3 rings (SSSR count). The first kappa shape index (κ1) is 16.0. The highest BCUT2D eigenvalue weighted by Gasteiger charge is 2.21. The molecule has 1 amide bonds. The number of rotatable bonds is 3. The molecule has 1 aliphatic heterocycles. The van der Waals surface area contributed by atoms with Crippen molar-refractivity contribution in [3.05, 3.63) is 23.8 Å². The molecule has 6 nitrogen and oxygen atoms in total. The Kier molecular flexibility index (Phi) is 4.68. The van der Waals surface area contributed by atoms with Crippen molar-refractivity contribution < 1.29 is 4.79 Å². The van der Waals surface area contributed by atoms with Gasteiger partial charge in [-0.25, -0.2) is 9.97 Å². The van der Waals surface area contributed by atoms with Gasteiger partial charge in [0, 0.05) is 25.6 Å². The summed E-state index contributed by atoms with van der Waals surface area (Å²) in [6.07, 6.45) is 5.99. The van der Waals surface area contributed by atoms with Crippen molar-refractivity contribution in [1.29, 1.82) is 0 Å². The van der Waals surface area contributed by atoms with Crippen molar-refractivity contribution in [3.63, 3.8) is 0 Å². The molecule has 1 unspecified atom stereocenters. The maximum absolute atomic E-state index is 11.2. The molecule has 1 aliphatic rings. The number of piperidine rings is 1. The second kappa shape index (κ2) is 6.72. The van der Waals surface area contributed by atoms with Gasteiger partial charge in [-0.15, -0.1) is 0 Å². The van der Waals surface area contributed by atoms with Crippen LogP contribution in [0.3, 0.4) is 0 Å². The van der Waals surface area contributed by atoms with E-state index in [1.165, 1.54) is 24.7 Å². The fourth-order valence-electron chi connectivity index (χ4n) is 2.93. The van der Waals surface area contributed by atoms with Crippen LogP contribution in [0.2, 0.25) is 0 Å². The molecule has 1 fully saturated rings. The predicted molar refractivity (Wildman–Crippen MR) is 91.7 cm³/mol. The van der Waals surface area contributed by atoms with Crippen molar-refractivity contribution in [1.82, 2.24) is 19.9 Å². The van der Waals surface area contributed by atoms with Gasteiger partial charge in [0.25, 0.3) is 0 Å². The highest BCUT2D eigenvalue weighted by molar-refractivity contribution is 7.19. The number of nitrogens with one attached hydrogen (secondary N) is 1. The highest BCUT2D eigenvalue weighted by atomic mass is 32.1. The van der Waals surface area contributed by atoms with Crippen LogP contribution in [0, 0.1) is 6.92 Å². The van der Waals surface area contributed by atoms with Gasteiger partial charge < -0.3 is 10.2 Å². The fraction of sp³-hybridized carbons (Fsp3) is 0.500. The van der Waals surface area contributed by atoms with Crippen LogP contribution in [-0.4, -0.2) is 45.9 Å². The third-order valence-electron chi connectivity index (χ3n) is 4.01. The van der Waals surface area contributed by atoms with Crippen molar-refractivity contribution >= 4 is 22.4 Å². The van der Waals surface area contributed by atoms with E-state index in [1.807, 2.05) is 13.1 Å². The summed E-state index contributed by atoms with van der Waals surface area (Å²) in [5.41, 5.74) is 2.75. The number of nitrogens with zero attached hydrogens (tertiary/aromatic N) is 4. The van der Waals surface area contributed by atoms with E-state index in [0.29, 0.717) is 11.0 Å². The average Bonchev–Trinajstić information content (AvgIpc) is 2.87. The number of likely N-dealkylation sites (tertiary alicyclic amines) is 1. The van der Waals surface area contributed by atoms with Crippen molar-refractivity contribution in [3.8, 4) is 10.6 Å². The monoisotopic (exact) mass is 331 g/mol. The molecule has 0 aliphatic carbocycles. The van der Waals surface area contributed by atoms with Crippen LogP contribution < -0.4 is 5.32 Å². The Labute approximate surface area is 140 Å². The standard InChI is InChI=1S/C16H21N5OS/c1-10-15(23-16(18-10)19-11(2)22)14-8-17-7-13(20-14)12-5-4-6-21(3)9-12/h7-8,12H,4-6,9H2,1-3H3,(H,18,19,22). The Morgan fingerprint density at radius 2 is 2.22 bits per heavy atom. The van der Waals surface area contributed by atoms with E-state index < -0.39 is 0 Å². The summed E-state index contributed by atoms with van der Waals surface area (Å²) in [5, 5.41) is 3.34. The summed E-state index contributed by atoms with van der Waals surface area (Å²) in [7, 11) is 2.15. The highest BCUT2D eigenvalue weighted by Crippen LogP contribution is 2.32. The fourth-order valence-corrected chi connectivity index (χ4v) is 3.90. The number of carbonyl (C=O) groups is 1. The molecule has 1 atom stereocenters. The van der Waals surface area contributed by atoms with E-state index in [9.17, 15) is 4.79 Å². The average molecular weight is 331 g/mol. The Bertz CT molecular complexity index is 714. The molecule has 0 saturated carbocycles. The largest absolute Gasteiger partial charge is 0.306 e. The van der Waals surface area contributed by atoms with Gasteiger partial charge in [0.2, 0.25) is 5.91 Å². The SMILES string of the molecule is CC(=O)Nc1nc(C)c(-c2cncc(C3CCCN(C)C3)n2)s1. The molecular formula is C16H21N5OS. The molecule has 0 bridgehead atoms. The minimum atomic E-state index is -0.115. The van der Waals surface area contributed by atoms with E-state index in [0.717, 1.165) is 41.5 Å². The number of hydrogen-bond donors (Lipinski definition) is 1. The van der Waals surface area contributed by atoms with Crippen molar-refractivity contribution in [2.75, 3.05) is 25.5 Å². The van der Waals surface area contributed by atoms with Gasteiger partial charge in [0.15, 0.2) is 5.13 Å². The lowest BCUT2D eigenvalue weighted by Crippen LogP contribution is -2.31. The quantitative estimate of drug-likeness (QED) is 0.936. The van der Waals surface area contributed by atoms with Crippen LogP contribution in [0.15, 0.2) is 12.4 Å². The zero-order valence-electron chi connectivity index (χ0n) is 13.7. The van der Waals surface area contributed by atoms with Crippen LogP contribution in [0.5, 0.6) is 0 Å². The van der Waals surface area contributed by atoms with Crippen LogP contribution in [-0.2, 0) is 4.79 Å². The topological polar surface area (TPSA) is 71.0 Å². The van der Waals surface area contributed by atoms with Gasteiger partial charge in [0.05, 0.1) is 22.5 Å². The van der Waals surface area contributed by atoms with Crippen molar-refractivity contribution in [2.24, 2.45) is 0 Å². The van der Waals surface area contributed by atoms with Gasteiger partial charge in [-0.1, -0.05) is 11.3 Å². The smallest absolute Gasteiger partial charge is 0.223 e. The van der Waals surface area contributed by atoms with Gasteiger partial charge in [-0.3, -0.25) is 9.78 Å². The number of aryl methyl sites for hydroxylation is 1. The molecule has 23 heavy (non-hydrogen) atoms. The normalized spacial score (nSPS) is 18.8. The van der Waals surface area contributed by atoms with E-state index in [2.05, 4.69) is 27.2 Å². The van der Waals surface area contributed by atoms with E-state index in [4.69, 9.17) is 4.98 Å². The second-order valence-electron chi connectivity index (χ2n) is 6.05. The first-order chi connectivity index (χ1) is 11.0. The number of aromatic nitrogens is 3. The zero-order chi connectivity index (χ0) is 16.4. The van der Waals surface area contributed by atoms with Crippen molar-refractivity contribution in [2.45, 2.75) is 32.6 Å². The van der Waals surface area contributed by atoms with Gasteiger partial charge in [-0.2, -0.15) is 0 Å². The van der Waals surface area contributed by atoms with Crippen LogP contribution in [0.25, 0.3) is 10.6 Å². The number of anilines is 1. The lowest BCUT2D eigenvalue weighted by Gasteiger charge is -2.29. The number of hydrogen-bond acceptors (Lipinski definition) is 6. The summed E-state index contributed by atoms with van der Waals surface area (Å²) in [6, 6.07) is 0. The Hall–Kier alpha value is -1.86. The molecule has 3 heterocycles. The first-order valence-corrected chi connectivity index (χ1v) is 8.60. The molecule has 122 valence electrons. The number of thiazole rings is 1. The molecule has 2 aromatic heterocycles. The van der Waals surface area contributed by atoms with Crippen LogP contribution in [0.1, 0.15) is 37.1 Å². The molecule has 1 N–H and O–H groups in total. The molecule has 0 radical (unpaired) electrons. The molecule has 0 spiro atoms. The third kappa shape index (κ3) is 3.73.